The first kappa shape index (κ1) is 17.1. The lowest BCUT2D eigenvalue weighted by Gasteiger charge is -2.26. The highest BCUT2D eigenvalue weighted by atomic mass is 32.1. The molecule has 3 aromatic heterocycles. The Morgan fingerprint density at radius 2 is 2.22 bits per heavy atom. The van der Waals surface area contributed by atoms with Crippen molar-refractivity contribution in [1.29, 1.82) is 5.26 Å². The molecule has 0 unspecified atom stereocenters. The number of aromatic nitrogens is 2. The van der Waals surface area contributed by atoms with Gasteiger partial charge in [0.25, 0.3) is 5.56 Å². The number of nitrogens with zero attached hydrogens (tertiary/aromatic N) is 3. The third-order valence-electron chi connectivity index (χ3n) is 4.56. The summed E-state index contributed by atoms with van der Waals surface area (Å²) in [4.78, 5) is 18.6. The van der Waals surface area contributed by atoms with Gasteiger partial charge >= 0.3 is 0 Å². The normalized spacial score (nSPS) is 15.8. The Balaban J connectivity index is 1.92. The standard InChI is InChI=1S/C20H16N4O2S/c1-12-9-15-18(20(25)24(12)11-13-5-2-3-7-23-13)17(16-6-4-8-27-16)14(10-21)19(22)26-15/h2-9,17H,11,22H2,1H3/t17-/m0/s1. The molecule has 1 atom stereocenters. The van der Waals surface area contributed by atoms with Gasteiger partial charge in [-0.3, -0.25) is 9.78 Å². The highest BCUT2D eigenvalue weighted by Gasteiger charge is 2.34. The molecule has 1 aliphatic rings. The van der Waals surface area contributed by atoms with E-state index in [4.69, 9.17) is 10.5 Å². The van der Waals surface area contributed by atoms with Crippen LogP contribution in [0.1, 0.15) is 27.7 Å². The van der Waals surface area contributed by atoms with Crippen molar-refractivity contribution in [3.63, 3.8) is 0 Å². The Morgan fingerprint density at radius 1 is 1.37 bits per heavy atom. The van der Waals surface area contributed by atoms with E-state index in [9.17, 15) is 10.1 Å². The number of fused-ring (bicyclic) bond motifs is 1. The zero-order valence-corrected chi connectivity index (χ0v) is 15.4. The highest BCUT2D eigenvalue weighted by molar-refractivity contribution is 7.10. The third kappa shape index (κ3) is 2.90. The fourth-order valence-corrected chi connectivity index (χ4v) is 4.12. The molecule has 0 fully saturated rings. The summed E-state index contributed by atoms with van der Waals surface area (Å²) in [6, 6.07) is 13.3. The Labute approximate surface area is 159 Å². The summed E-state index contributed by atoms with van der Waals surface area (Å²) in [5, 5.41) is 11.5. The minimum absolute atomic E-state index is 0.0460. The largest absolute Gasteiger partial charge is 0.440 e. The molecule has 0 bridgehead atoms. The molecule has 7 heteroatoms. The molecule has 134 valence electrons. The summed E-state index contributed by atoms with van der Waals surface area (Å²) in [7, 11) is 0. The fraction of sp³-hybridized carbons (Fsp3) is 0.150. The number of nitriles is 1. The van der Waals surface area contributed by atoms with E-state index >= 15 is 0 Å². The monoisotopic (exact) mass is 376 g/mol. The summed E-state index contributed by atoms with van der Waals surface area (Å²) in [6.07, 6.45) is 1.70. The van der Waals surface area contributed by atoms with Crippen LogP contribution in [0, 0.1) is 18.3 Å². The van der Waals surface area contributed by atoms with Gasteiger partial charge in [0.15, 0.2) is 0 Å². The van der Waals surface area contributed by atoms with Crippen LogP contribution >= 0.6 is 11.3 Å². The Morgan fingerprint density at radius 3 is 2.89 bits per heavy atom. The molecule has 0 aliphatic carbocycles. The van der Waals surface area contributed by atoms with Crippen molar-refractivity contribution in [3.05, 3.63) is 91.6 Å². The van der Waals surface area contributed by atoms with Gasteiger partial charge in [-0.25, -0.2) is 0 Å². The second-order valence-corrected chi connectivity index (χ2v) is 7.20. The smallest absolute Gasteiger partial charge is 0.259 e. The SMILES string of the molecule is Cc1cc2c(c(=O)n1Cc1ccccn1)[C@H](c1cccs1)C(C#N)=C(N)O2. The number of thiophene rings is 1. The Bertz CT molecular complexity index is 1130. The number of nitrogens with two attached hydrogens (primary N) is 1. The van der Waals surface area contributed by atoms with E-state index in [1.165, 1.54) is 11.3 Å². The van der Waals surface area contributed by atoms with E-state index in [-0.39, 0.29) is 17.0 Å². The van der Waals surface area contributed by atoms with Gasteiger partial charge < -0.3 is 15.0 Å². The molecular formula is C20H16N4O2S. The molecule has 3 aromatic rings. The first-order chi connectivity index (χ1) is 13.1. The van der Waals surface area contributed by atoms with Gasteiger partial charge in [-0.05, 0) is 30.5 Å². The maximum absolute atomic E-state index is 13.4. The van der Waals surface area contributed by atoms with Crippen molar-refractivity contribution in [2.45, 2.75) is 19.4 Å². The second kappa shape index (κ2) is 6.74. The minimum atomic E-state index is -0.526. The number of hydrogen-bond acceptors (Lipinski definition) is 6. The summed E-state index contributed by atoms with van der Waals surface area (Å²) in [6.45, 7) is 2.19. The number of allylic oxidation sites excluding steroid dienone is 1. The van der Waals surface area contributed by atoms with Gasteiger partial charge in [0.2, 0.25) is 5.88 Å². The van der Waals surface area contributed by atoms with Gasteiger partial charge in [-0.1, -0.05) is 12.1 Å². The fourth-order valence-electron chi connectivity index (χ4n) is 3.28. The van der Waals surface area contributed by atoms with Crippen LogP contribution in [0.15, 0.2) is 64.2 Å². The summed E-state index contributed by atoms with van der Waals surface area (Å²) >= 11 is 1.48. The molecule has 1 aliphatic heterocycles. The number of hydrogen-bond donors (Lipinski definition) is 1. The molecule has 4 heterocycles. The summed E-state index contributed by atoms with van der Waals surface area (Å²) in [5.74, 6) is -0.0730. The maximum Gasteiger partial charge on any atom is 0.259 e. The maximum atomic E-state index is 13.4. The van der Waals surface area contributed by atoms with E-state index in [1.807, 2.05) is 42.6 Å². The number of ether oxygens (including phenoxy) is 1. The molecule has 2 N–H and O–H groups in total. The Kier molecular flexibility index (Phi) is 4.26. The lowest BCUT2D eigenvalue weighted by molar-refractivity contribution is 0.389. The zero-order valence-electron chi connectivity index (χ0n) is 14.5. The predicted octanol–water partition coefficient (Wildman–Crippen LogP) is 2.88. The van der Waals surface area contributed by atoms with Gasteiger partial charge in [-0.2, -0.15) is 5.26 Å². The van der Waals surface area contributed by atoms with E-state index in [2.05, 4.69) is 11.1 Å². The molecule has 0 aromatic carbocycles. The van der Waals surface area contributed by atoms with Crippen LogP contribution in [-0.4, -0.2) is 9.55 Å². The average Bonchev–Trinajstić information content (AvgIpc) is 3.19. The quantitative estimate of drug-likeness (QED) is 0.758. The van der Waals surface area contributed by atoms with Gasteiger partial charge in [0.05, 0.1) is 23.7 Å². The first-order valence-corrected chi connectivity index (χ1v) is 9.23. The lowest BCUT2D eigenvalue weighted by Crippen LogP contribution is -2.32. The van der Waals surface area contributed by atoms with Crippen molar-refractivity contribution in [2.24, 2.45) is 5.73 Å². The molecule has 4 rings (SSSR count). The Hall–Kier alpha value is -3.37. The summed E-state index contributed by atoms with van der Waals surface area (Å²) in [5.41, 5.74) is 8.00. The molecule has 0 amide bonds. The molecule has 6 nitrogen and oxygen atoms in total. The van der Waals surface area contributed by atoms with E-state index in [0.29, 0.717) is 17.9 Å². The van der Waals surface area contributed by atoms with E-state index in [1.54, 1.807) is 16.8 Å². The van der Waals surface area contributed by atoms with Gasteiger partial charge in [0.1, 0.15) is 17.4 Å². The van der Waals surface area contributed by atoms with Gasteiger partial charge in [0, 0.05) is 22.8 Å². The van der Waals surface area contributed by atoms with E-state index < -0.39 is 5.92 Å². The number of aryl methyl sites for hydroxylation is 1. The number of rotatable bonds is 3. The minimum Gasteiger partial charge on any atom is -0.440 e. The molecule has 27 heavy (non-hydrogen) atoms. The van der Waals surface area contributed by atoms with Crippen LogP contribution in [0.25, 0.3) is 0 Å². The van der Waals surface area contributed by atoms with Crippen LogP contribution in [0.4, 0.5) is 0 Å². The third-order valence-corrected chi connectivity index (χ3v) is 5.50. The molecular weight excluding hydrogens is 360 g/mol. The van der Waals surface area contributed by atoms with Crippen LogP contribution in [0.2, 0.25) is 0 Å². The van der Waals surface area contributed by atoms with Crippen molar-refractivity contribution in [1.82, 2.24) is 9.55 Å². The average molecular weight is 376 g/mol. The summed E-state index contributed by atoms with van der Waals surface area (Å²) < 4.78 is 7.30. The van der Waals surface area contributed by atoms with Crippen molar-refractivity contribution in [3.8, 4) is 11.8 Å². The molecule has 0 saturated carbocycles. The van der Waals surface area contributed by atoms with Gasteiger partial charge in [-0.15, -0.1) is 11.3 Å². The highest BCUT2D eigenvalue weighted by Crippen LogP contribution is 2.41. The molecule has 0 radical (unpaired) electrons. The van der Waals surface area contributed by atoms with Crippen LogP contribution < -0.4 is 16.0 Å². The second-order valence-electron chi connectivity index (χ2n) is 6.22. The van der Waals surface area contributed by atoms with Crippen LogP contribution in [-0.2, 0) is 6.54 Å². The number of pyridine rings is 2. The zero-order chi connectivity index (χ0) is 19.0. The molecule has 0 saturated heterocycles. The van der Waals surface area contributed by atoms with Crippen LogP contribution in [0.5, 0.6) is 5.75 Å². The van der Waals surface area contributed by atoms with E-state index in [0.717, 1.165) is 16.3 Å². The predicted molar refractivity (Wildman–Crippen MR) is 102 cm³/mol. The first-order valence-electron chi connectivity index (χ1n) is 8.35. The van der Waals surface area contributed by atoms with Crippen molar-refractivity contribution < 1.29 is 4.74 Å². The van der Waals surface area contributed by atoms with Crippen LogP contribution in [0.3, 0.4) is 0 Å². The lowest BCUT2D eigenvalue weighted by atomic mass is 9.88. The van der Waals surface area contributed by atoms with Crippen molar-refractivity contribution >= 4 is 11.3 Å². The molecule has 0 spiro atoms. The topological polar surface area (TPSA) is 93.9 Å². The van der Waals surface area contributed by atoms with Crippen molar-refractivity contribution in [2.75, 3.05) is 0 Å².